The maximum atomic E-state index is 15.2. The third kappa shape index (κ3) is 5.44. The molecule has 1 N–H and O–H groups in total. The van der Waals surface area contributed by atoms with Gasteiger partial charge in [0.15, 0.2) is 35.6 Å². The molecular weight excluding hydrogens is 868 g/mol. The second kappa shape index (κ2) is 14.7. The van der Waals surface area contributed by atoms with Crippen molar-refractivity contribution in [2.75, 3.05) is 7.11 Å². The molecule has 15 atom stereocenters. The molecule has 2 spiro atoms. The average Bonchev–Trinajstić information content (AvgIpc) is 3.91. The fraction of sp³-hybridized carbons (Fsp3) is 0.723. The Kier molecular flexibility index (Phi) is 10.6. The van der Waals surface area contributed by atoms with Crippen LogP contribution in [0.25, 0.3) is 0 Å². The van der Waals surface area contributed by atoms with Gasteiger partial charge in [0, 0.05) is 62.3 Å². The quantitative estimate of drug-likeness (QED) is 0.135. The highest BCUT2D eigenvalue weighted by molar-refractivity contribution is 5.92. The molecule has 66 heavy (non-hydrogen) atoms. The molecule has 7 aliphatic rings. The molecule has 0 unspecified atom stereocenters. The van der Waals surface area contributed by atoms with Gasteiger partial charge in [0.2, 0.25) is 5.60 Å². The van der Waals surface area contributed by atoms with Crippen LogP contribution in [-0.4, -0.2) is 107 Å². The monoisotopic (exact) mass is 928 g/mol. The summed E-state index contributed by atoms with van der Waals surface area (Å²) in [6.07, 6.45) is -6.85. The van der Waals surface area contributed by atoms with E-state index in [9.17, 15) is 33.9 Å². The number of aliphatic hydroxyl groups excluding tert-OH is 1. The molecule has 0 amide bonds. The van der Waals surface area contributed by atoms with Crippen molar-refractivity contribution >= 4 is 41.8 Å². The van der Waals surface area contributed by atoms with Crippen molar-refractivity contribution in [3.05, 3.63) is 35.5 Å². The molecule has 19 nitrogen and oxygen atoms in total. The van der Waals surface area contributed by atoms with Crippen LogP contribution in [0.2, 0.25) is 0 Å². The fourth-order valence-corrected chi connectivity index (χ4v) is 14.2. The van der Waals surface area contributed by atoms with Crippen LogP contribution in [0.15, 0.2) is 34.3 Å². The SMILES string of the molecule is COC(=O)C[C@H]1[C@@]2(C)C[C@@]34O[C@]5(C)O[C@]6([C@@H]7/C(=C(/O)C(C)C)C(=O)O[C@@H](c8ccoc8)[C@]7(C)[C@@H](OC(=O)C(C)C)[C@@H](OC(=O)C(C)C)[C@]6(O5)[C@]13C)[C@H](OC(C)=O)[C@@]4(OC(C)=O)[C@H]2OC(C)=O. The molecule has 3 saturated heterocycles. The molecule has 362 valence electrons. The second-order valence-electron chi connectivity index (χ2n) is 20.7. The van der Waals surface area contributed by atoms with Gasteiger partial charge >= 0.3 is 41.8 Å². The minimum absolute atomic E-state index is 0.204. The lowest BCUT2D eigenvalue weighted by molar-refractivity contribution is -0.490. The maximum absolute atomic E-state index is 15.2. The molecule has 4 bridgehead atoms. The molecule has 0 aromatic carbocycles. The number of carbonyl (C=O) groups excluding carboxylic acids is 7. The van der Waals surface area contributed by atoms with E-state index in [4.69, 9.17) is 51.8 Å². The predicted molar refractivity (Wildman–Crippen MR) is 219 cm³/mol. The van der Waals surface area contributed by atoms with Crippen LogP contribution >= 0.6 is 0 Å². The molecule has 4 aliphatic carbocycles. The lowest BCUT2D eigenvalue weighted by Gasteiger charge is -2.78. The van der Waals surface area contributed by atoms with Crippen LogP contribution in [0.3, 0.4) is 0 Å². The minimum atomic E-state index is -2.62. The number of rotatable bonds is 11. The van der Waals surface area contributed by atoms with E-state index in [1.54, 1.807) is 62.3 Å². The van der Waals surface area contributed by atoms with E-state index in [-0.39, 0.29) is 12.0 Å². The average molecular weight is 929 g/mol. The topological polar surface area (TPSA) is 245 Å². The van der Waals surface area contributed by atoms with Gasteiger partial charge in [-0.1, -0.05) is 62.3 Å². The number of aliphatic hydroxyl groups is 1. The Morgan fingerprint density at radius 3 is 1.89 bits per heavy atom. The molecule has 1 aromatic heterocycles. The first-order chi connectivity index (χ1) is 30.6. The number of methoxy groups -OCH3 is 1. The van der Waals surface area contributed by atoms with Gasteiger partial charge in [-0.2, -0.15) is 0 Å². The summed E-state index contributed by atoms with van der Waals surface area (Å²) in [7, 11) is 1.19. The summed E-state index contributed by atoms with van der Waals surface area (Å²) >= 11 is 0. The van der Waals surface area contributed by atoms with Gasteiger partial charge in [-0.05, 0) is 18.4 Å². The van der Waals surface area contributed by atoms with Crippen LogP contribution in [0, 0.1) is 45.8 Å². The van der Waals surface area contributed by atoms with Gasteiger partial charge in [0.1, 0.15) is 17.5 Å². The highest BCUT2D eigenvalue weighted by Gasteiger charge is 3.08. The summed E-state index contributed by atoms with van der Waals surface area (Å²) in [6.45, 7) is 19.3. The lowest BCUT2D eigenvalue weighted by atomic mass is 9.32. The molecule has 4 saturated carbocycles. The summed E-state index contributed by atoms with van der Waals surface area (Å²) in [6, 6.07) is 1.51. The van der Waals surface area contributed by atoms with Crippen LogP contribution < -0.4 is 0 Å². The third-order valence-electron chi connectivity index (χ3n) is 16.0. The number of hydrogen-bond acceptors (Lipinski definition) is 19. The summed E-state index contributed by atoms with van der Waals surface area (Å²) in [5.74, 6) is -14.5. The number of ether oxygens (including phenoxy) is 10. The van der Waals surface area contributed by atoms with E-state index in [1.165, 1.54) is 32.6 Å². The largest absolute Gasteiger partial charge is 0.511 e. The zero-order chi connectivity index (χ0) is 48.9. The number of cyclic esters (lactones) is 1. The normalized spacial score (nSPS) is 44.0. The lowest BCUT2D eigenvalue weighted by Crippen LogP contribution is -2.98. The smallest absolute Gasteiger partial charge is 0.338 e. The van der Waals surface area contributed by atoms with Crippen molar-refractivity contribution in [2.45, 2.75) is 162 Å². The Labute approximate surface area is 381 Å². The van der Waals surface area contributed by atoms with Crippen LogP contribution in [-0.2, 0) is 80.9 Å². The van der Waals surface area contributed by atoms with Crippen molar-refractivity contribution < 1.29 is 90.5 Å². The Balaban J connectivity index is 1.68. The van der Waals surface area contributed by atoms with E-state index in [0.717, 1.165) is 20.8 Å². The van der Waals surface area contributed by atoms with E-state index in [0.29, 0.717) is 0 Å². The second-order valence-corrected chi connectivity index (χ2v) is 20.7. The van der Waals surface area contributed by atoms with Gasteiger partial charge in [-0.25, -0.2) is 4.79 Å². The number of esters is 7. The summed E-state index contributed by atoms with van der Waals surface area (Å²) in [5.41, 5.74) is -15.3. The zero-order valence-electron chi connectivity index (χ0n) is 39.7. The number of hydrogen-bond donors (Lipinski definition) is 1. The van der Waals surface area contributed by atoms with Crippen molar-refractivity contribution in [1.82, 2.24) is 0 Å². The Bertz CT molecular complexity index is 2320. The molecule has 8 rings (SSSR count). The van der Waals surface area contributed by atoms with Gasteiger partial charge in [-0.15, -0.1) is 0 Å². The summed E-state index contributed by atoms with van der Waals surface area (Å²) in [4.78, 5) is 100. The highest BCUT2D eigenvalue weighted by atomic mass is 16.9. The number of carbonyl (C=O) groups is 7. The fourth-order valence-electron chi connectivity index (χ4n) is 14.2. The van der Waals surface area contributed by atoms with E-state index in [1.807, 2.05) is 0 Å². The standard InChI is InChI=1S/C47H60O19/c1-20(2)30(52)29-31-41(11,32(60-37(29)55)26-15-16-57-18-26)33(61-35(53)21(3)4)34(62-36(54)22(5)6)47-42(12)27(17-28(51)56-14)40(10)19-44(42)46(63-25(9)50,38(40)58-23(7)48)39(59-24(8)49)45(31,47)65-43(13,64-44)66-47/h15-16,18,20-22,27,31-34,38-39,52H,17,19H2,1-14H3/b30-29-/t27-,31+,32-,33-,34+,38-,39-,40+,41+,42+,43+,44+,45+,46-,47-/m0/s1. The Morgan fingerprint density at radius 1 is 0.788 bits per heavy atom. The van der Waals surface area contributed by atoms with Gasteiger partial charge in [-0.3, -0.25) is 28.8 Å². The number of fused-ring (bicyclic) bond motifs is 3. The maximum Gasteiger partial charge on any atom is 0.338 e. The van der Waals surface area contributed by atoms with E-state index < -0.39 is 164 Å². The van der Waals surface area contributed by atoms with Crippen LogP contribution in [0.4, 0.5) is 0 Å². The molecule has 3 aliphatic heterocycles. The molecule has 0 radical (unpaired) electrons. The first-order valence-electron chi connectivity index (χ1n) is 22.4. The first-order valence-corrected chi connectivity index (χ1v) is 22.4. The molecule has 19 heteroatoms. The Morgan fingerprint density at radius 2 is 1.38 bits per heavy atom. The summed E-state index contributed by atoms with van der Waals surface area (Å²) in [5, 5.41) is 12.5. The molecule has 1 aromatic rings. The van der Waals surface area contributed by atoms with Gasteiger partial charge < -0.3 is 56.9 Å². The molecule has 4 heterocycles. The zero-order valence-corrected chi connectivity index (χ0v) is 39.7. The van der Waals surface area contributed by atoms with Crippen molar-refractivity contribution in [3.8, 4) is 0 Å². The van der Waals surface area contributed by atoms with Gasteiger partial charge in [0.05, 0.1) is 42.5 Å². The minimum Gasteiger partial charge on any atom is -0.511 e. The molecule has 7 fully saturated rings. The summed E-state index contributed by atoms with van der Waals surface area (Å²) < 4.78 is 72.5. The Hall–Kier alpha value is -5.01. The molecular formula is C47H60O19. The van der Waals surface area contributed by atoms with Gasteiger partial charge in [0.25, 0.3) is 5.97 Å². The van der Waals surface area contributed by atoms with Crippen molar-refractivity contribution in [3.63, 3.8) is 0 Å². The van der Waals surface area contributed by atoms with Crippen LogP contribution in [0.1, 0.15) is 115 Å². The number of allylic oxidation sites excluding steroid dienone is 1. The highest BCUT2D eigenvalue weighted by Crippen LogP contribution is 2.91. The van der Waals surface area contributed by atoms with Crippen molar-refractivity contribution in [1.29, 1.82) is 0 Å². The van der Waals surface area contributed by atoms with E-state index in [2.05, 4.69) is 0 Å². The third-order valence-corrected chi connectivity index (χ3v) is 16.0. The van der Waals surface area contributed by atoms with Crippen molar-refractivity contribution in [2.24, 2.45) is 45.8 Å². The van der Waals surface area contributed by atoms with Crippen LogP contribution in [0.5, 0.6) is 0 Å². The predicted octanol–water partition coefficient (Wildman–Crippen LogP) is 4.87. The first kappa shape index (κ1) is 47.5. The van der Waals surface area contributed by atoms with E-state index >= 15 is 4.79 Å². The number of furan rings is 1.